The lowest BCUT2D eigenvalue weighted by Gasteiger charge is -2.17. The Morgan fingerprint density at radius 3 is 2.48 bits per heavy atom. The summed E-state index contributed by atoms with van der Waals surface area (Å²) in [6.45, 7) is 2.48. The van der Waals surface area contributed by atoms with Gasteiger partial charge in [0.1, 0.15) is 0 Å². The highest BCUT2D eigenvalue weighted by molar-refractivity contribution is 9.10. The molecule has 9 heteroatoms. The van der Waals surface area contributed by atoms with E-state index in [-0.39, 0.29) is 22.9 Å². The SMILES string of the molecule is Cc1ccc(S(=O)(=O)N2CCCC2)cc1C(=O)NCC(=O)Nc1ccccc1Br. The highest BCUT2D eigenvalue weighted by Crippen LogP contribution is 2.23. The lowest BCUT2D eigenvalue weighted by molar-refractivity contribution is -0.115. The minimum Gasteiger partial charge on any atom is -0.343 e. The van der Waals surface area contributed by atoms with Crippen LogP contribution in [0, 0.1) is 6.92 Å². The van der Waals surface area contributed by atoms with E-state index in [9.17, 15) is 18.0 Å². The van der Waals surface area contributed by atoms with Gasteiger partial charge in [-0.2, -0.15) is 4.31 Å². The fraction of sp³-hybridized carbons (Fsp3) is 0.300. The number of sulfonamides is 1. The molecule has 7 nitrogen and oxygen atoms in total. The van der Waals surface area contributed by atoms with Crippen LogP contribution >= 0.6 is 15.9 Å². The first-order valence-corrected chi connectivity index (χ1v) is 11.5. The zero-order valence-electron chi connectivity index (χ0n) is 15.9. The van der Waals surface area contributed by atoms with E-state index >= 15 is 0 Å². The second kappa shape index (κ2) is 9.06. The maximum atomic E-state index is 12.7. The molecule has 1 fully saturated rings. The summed E-state index contributed by atoms with van der Waals surface area (Å²) in [5.41, 5.74) is 1.47. The van der Waals surface area contributed by atoms with Gasteiger partial charge in [-0.3, -0.25) is 9.59 Å². The molecule has 3 rings (SSSR count). The summed E-state index contributed by atoms with van der Waals surface area (Å²) in [6.07, 6.45) is 1.68. The van der Waals surface area contributed by atoms with Gasteiger partial charge in [0.15, 0.2) is 0 Å². The van der Waals surface area contributed by atoms with Crippen LogP contribution in [0.1, 0.15) is 28.8 Å². The molecular weight excluding hydrogens is 458 g/mol. The molecule has 1 aliphatic rings. The minimum absolute atomic E-state index is 0.0906. The normalized spacial score (nSPS) is 14.6. The second-order valence-corrected chi connectivity index (χ2v) is 9.59. The number of anilines is 1. The molecule has 2 aromatic rings. The fourth-order valence-electron chi connectivity index (χ4n) is 3.10. The van der Waals surface area contributed by atoms with E-state index in [2.05, 4.69) is 26.6 Å². The number of hydrogen-bond donors (Lipinski definition) is 2. The predicted molar refractivity (Wildman–Crippen MR) is 114 cm³/mol. The van der Waals surface area contributed by atoms with Crippen LogP contribution in [0.25, 0.3) is 0 Å². The molecule has 0 atom stereocenters. The molecule has 2 N–H and O–H groups in total. The number of benzene rings is 2. The lowest BCUT2D eigenvalue weighted by Crippen LogP contribution is -2.33. The van der Waals surface area contributed by atoms with Gasteiger partial charge in [0.2, 0.25) is 15.9 Å². The van der Waals surface area contributed by atoms with E-state index in [0.29, 0.717) is 24.3 Å². The van der Waals surface area contributed by atoms with Gasteiger partial charge in [-0.25, -0.2) is 8.42 Å². The maximum Gasteiger partial charge on any atom is 0.252 e. The maximum absolute atomic E-state index is 12.7. The van der Waals surface area contributed by atoms with E-state index < -0.39 is 15.9 Å². The molecule has 1 aliphatic heterocycles. The molecule has 1 saturated heterocycles. The zero-order valence-corrected chi connectivity index (χ0v) is 18.3. The molecular formula is C20H22BrN3O4S. The van der Waals surface area contributed by atoms with Crippen LogP contribution in [0.4, 0.5) is 5.69 Å². The van der Waals surface area contributed by atoms with E-state index in [0.717, 1.165) is 17.3 Å². The molecule has 154 valence electrons. The van der Waals surface area contributed by atoms with Crippen LogP contribution in [0.5, 0.6) is 0 Å². The Bertz CT molecular complexity index is 1030. The summed E-state index contributed by atoms with van der Waals surface area (Å²) in [4.78, 5) is 24.8. The molecule has 0 saturated carbocycles. The Labute approximate surface area is 178 Å². The Balaban J connectivity index is 1.69. The average molecular weight is 480 g/mol. The van der Waals surface area contributed by atoms with Crippen molar-refractivity contribution in [3.8, 4) is 0 Å². The van der Waals surface area contributed by atoms with Crippen LogP contribution in [-0.4, -0.2) is 44.2 Å². The van der Waals surface area contributed by atoms with Gasteiger partial charge in [0.05, 0.1) is 17.1 Å². The van der Waals surface area contributed by atoms with E-state index in [4.69, 9.17) is 0 Å². The van der Waals surface area contributed by atoms with Crippen molar-refractivity contribution in [2.75, 3.05) is 25.0 Å². The third kappa shape index (κ3) is 5.04. The topological polar surface area (TPSA) is 95.6 Å². The minimum atomic E-state index is -3.62. The van der Waals surface area contributed by atoms with Crippen molar-refractivity contribution < 1.29 is 18.0 Å². The summed E-state index contributed by atoms with van der Waals surface area (Å²) in [5, 5.41) is 5.25. The first kappa shape index (κ1) is 21.5. The van der Waals surface area contributed by atoms with Gasteiger partial charge in [-0.1, -0.05) is 18.2 Å². The van der Waals surface area contributed by atoms with Crippen molar-refractivity contribution in [3.63, 3.8) is 0 Å². The lowest BCUT2D eigenvalue weighted by atomic mass is 10.1. The third-order valence-electron chi connectivity index (χ3n) is 4.71. The summed E-state index contributed by atoms with van der Waals surface area (Å²) < 4.78 is 27.7. The Morgan fingerprint density at radius 2 is 1.79 bits per heavy atom. The number of para-hydroxylation sites is 1. The number of amides is 2. The average Bonchev–Trinajstić information content (AvgIpc) is 3.24. The smallest absolute Gasteiger partial charge is 0.252 e. The molecule has 0 aromatic heterocycles. The van der Waals surface area contributed by atoms with Gasteiger partial charge in [0, 0.05) is 23.1 Å². The number of carbonyl (C=O) groups is 2. The number of halogens is 1. The Hall–Kier alpha value is -2.23. The summed E-state index contributed by atoms with van der Waals surface area (Å²) in [6, 6.07) is 11.6. The van der Waals surface area contributed by atoms with Crippen LogP contribution < -0.4 is 10.6 Å². The van der Waals surface area contributed by atoms with Crippen LogP contribution in [0.15, 0.2) is 51.8 Å². The largest absolute Gasteiger partial charge is 0.343 e. The van der Waals surface area contributed by atoms with E-state index in [1.54, 1.807) is 31.2 Å². The van der Waals surface area contributed by atoms with Crippen molar-refractivity contribution in [3.05, 3.63) is 58.1 Å². The van der Waals surface area contributed by atoms with E-state index in [1.807, 2.05) is 6.07 Å². The van der Waals surface area contributed by atoms with Crippen LogP contribution in [-0.2, 0) is 14.8 Å². The molecule has 2 aromatic carbocycles. The van der Waals surface area contributed by atoms with Crippen molar-refractivity contribution >= 4 is 43.5 Å². The fourth-order valence-corrected chi connectivity index (χ4v) is 5.02. The molecule has 0 bridgehead atoms. The molecule has 1 heterocycles. The highest BCUT2D eigenvalue weighted by Gasteiger charge is 2.28. The van der Waals surface area contributed by atoms with Crippen molar-refractivity contribution in [1.82, 2.24) is 9.62 Å². The van der Waals surface area contributed by atoms with Gasteiger partial charge >= 0.3 is 0 Å². The summed E-state index contributed by atoms with van der Waals surface area (Å²) in [7, 11) is -3.62. The number of rotatable bonds is 6. The summed E-state index contributed by atoms with van der Waals surface area (Å²) >= 11 is 3.34. The highest BCUT2D eigenvalue weighted by atomic mass is 79.9. The molecule has 0 unspecified atom stereocenters. The molecule has 2 amide bonds. The number of hydrogen-bond acceptors (Lipinski definition) is 4. The number of nitrogens with zero attached hydrogens (tertiary/aromatic N) is 1. The molecule has 0 aliphatic carbocycles. The zero-order chi connectivity index (χ0) is 21.0. The van der Waals surface area contributed by atoms with Crippen LogP contribution in [0.2, 0.25) is 0 Å². The van der Waals surface area contributed by atoms with Gasteiger partial charge < -0.3 is 10.6 Å². The van der Waals surface area contributed by atoms with Crippen molar-refractivity contribution in [2.45, 2.75) is 24.7 Å². The second-order valence-electron chi connectivity index (χ2n) is 6.80. The van der Waals surface area contributed by atoms with Gasteiger partial charge in [0.25, 0.3) is 5.91 Å². The summed E-state index contributed by atoms with van der Waals surface area (Å²) in [5.74, 6) is -0.882. The monoisotopic (exact) mass is 479 g/mol. The van der Waals surface area contributed by atoms with Gasteiger partial charge in [-0.15, -0.1) is 0 Å². The Kier molecular flexibility index (Phi) is 6.71. The Morgan fingerprint density at radius 1 is 1.10 bits per heavy atom. The number of aryl methyl sites for hydroxylation is 1. The molecule has 29 heavy (non-hydrogen) atoms. The molecule has 0 radical (unpaired) electrons. The number of carbonyl (C=O) groups excluding carboxylic acids is 2. The third-order valence-corrected chi connectivity index (χ3v) is 7.30. The first-order chi connectivity index (χ1) is 13.8. The number of nitrogens with one attached hydrogen (secondary N) is 2. The van der Waals surface area contributed by atoms with E-state index in [1.165, 1.54) is 16.4 Å². The van der Waals surface area contributed by atoms with Gasteiger partial charge in [-0.05, 0) is 65.5 Å². The quantitative estimate of drug-likeness (QED) is 0.665. The van der Waals surface area contributed by atoms with Crippen LogP contribution in [0.3, 0.4) is 0 Å². The van der Waals surface area contributed by atoms with Crippen molar-refractivity contribution in [2.24, 2.45) is 0 Å². The van der Waals surface area contributed by atoms with Crippen molar-refractivity contribution in [1.29, 1.82) is 0 Å². The standard InChI is InChI=1S/C20H22BrN3O4S/c1-14-8-9-15(29(27,28)24-10-4-5-11-24)12-16(14)20(26)22-13-19(25)23-18-7-3-2-6-17(18)21/h2-3,6-9,12H,4-5,10-11,13H2,1H3,(H,22,26)(H,23,25). The first-order valence-electron chi connectivity index (χ1n) is 9.22. The molecule has 0 spiro atoms. The predicted octanol–water partition coefficient (Wildman–Crippen LogP) is 2.91.